The molecule has 0 bridgehead atoms. The van der Waals surface area contributed by atoms with Crippen molar-refractivity contribution in [2.45, 2.75) is 43.8 Å². The number of nitrogens with one attached hydrogen (secondary N) is 2. The summed E-state index contributed by atoms with van der Waals surface area (Å²) in [4.78, 5) is 24.1. The molecule has 2 N–H and O–H groups in total. The van der Waals surface area contributed by atoms with Crippen LogP contribution in [0.3, 0.4) is 0 Å². The van der Waals surface area contributed by atoms with Crippen LogP contribution in [0.1, 0.15) is 32.7 Å². The number of thioether (sulfide) groups is 1. The average molecular weight is 496 g/mol. The maximum atomic E-state index is 12.8. The number of ether oxygens (including phenoxy) is 2. The van der Waals surface area contributed by atoms with Crippen LogP contribution in [0.5, 0.6) is 11.5 Å². The summed E-state index contributed by atoms with van der Waals surface area (Å²) >= 11 is 1.28. The summed E-state index contributed by atoms with van der Waals surface area (Å²) < 4.78 is 13.3. The monoisotopic (exact) mass is 495 g/mol. The molecule has 0 spiro atoms. The highest BCUT2D eigenvalue weighted by molar-refractivity contribution is 8.00. The van der Waals surface area contributed by atoms with Crippen LogP contribution in [-0.4, -0.2) is 38.9 Å². The maximum absolute atomic E-state index is 12.8. The van der Waals surface area contributed by atoms with Crippen LogP contribution in [0.25, 0.3) is 0 Å². The van der Waals surface area contributed by atoms with Gasteiger partial charge in [-0.3, -0.25) is 14.2 Å². The molecule has 35 heavy (non-hydrogen) atoms. The molecule has 3 aromatic rings. The van der Waals surface area contributed by atoms with Gasteiger partial charge in [0.2, 0.25) is 11.8 Å². The minimum Gasteiger partial charge on any atom is -0.493 e. The molecule has 10 heteroatoms. The van der Waals surface area contributed by atoms with Crippen LogP contribution in [0, 0.1) is 0 Å². The molecule has 0 fully saturated rings. The Balaban J connectivity index is 1.72. The molecule has 2 atom stereocenters. The fourth-order valence-electron chi connectivity index (χ4n) is 3.28. The number of aromatic nitrogens is 3. The van der Waals surface area contributed by atoms with E-state index in [0.29, 0.717) is 40.4 Å². The Morgan fingerprint density at radius 2 is 1.77 bits per heavy atom. The third kappa shape index (κ3) is 6.86. The van der Waals surface area contributed by atoms with Crippen molar-refractivity contribution >= 4 is 35.0 Å². The number of carbonyl (C=O) groups is 2. The van der Waals surface area contributed by atoms with Crippen molar-refractivity contribution in [3.8, 4) is 11.5 Å². The first-order valence-electron chi connectivity index (χ1n) is 11.0. The fourth-order valence-corrected chi connectivity index (χ4v) is 4.15. The minimum absolute atomic E-state index is 0.182. The van der Waals surface area contributed by atoms with Gasteiger partial charge in [-0.25, -0.2) is 0 Å². The molecule has 0 radical (unpaired) electrons. The first-order valence-corrected chi connectivity index (χ1v) is 11.9. The van der Waals surface area contributed by atoms with E-state index in [-0.39, 0.29) is 11.8 Å². The number of anilines is 2. The number of para-hydroxylation sites is 2. The Bertz CT molecular complexity index is 1200. The molecule has 0 aliphatic carbocycles. The maximum Gasteiger partial charge on any atom is 0.237 e. The zero-order valence-corrected chi connectivity index (χ0v) is 21.0. The first-order chi connectivity index (χ1) is 16.8. The first kappa shape index (κ1) is 25.8. The molecular formula is C25H29N5O4S. The summed E-state index contributed by atoms with van der Waals surface area (Å²) in [6.07, 6.45) is 1.32. The third-order valence-electron chi connectivity index (χ3n) is 4.90. The van der Waals surface area contributed by atoms with Gasteiger partial charge in [-0.05, 0) is 44.2 Å². The van der Waals surface area contributed by atoms with E-state index in [1.54, 1.807) is 44.4 Å². The second kappa shape index (κ2) is 12.1. The van der Waals surface area contributed by atoms with E-state index in [1.165, 1.54) is 18.7 Å². The molecule has 2 unspecified atom stereocenters. The summed E-state index contributed by atoms with van der Waals surface area (Å²) in [5.74, 6) is 1.44. The minimum atomic E-state index is -0.467. The molecule has 2 aromatic carbocycles. The Labute approximate surface area is 208 Å². The molecule has 184 valence electrons. The summed E-state index contributed by atoms with van der Waals surface area (Å²) in [6, 6.07) is 14.4. The van der Waals surface area contributed by atoms with Gasteiger partial charge in [-0.15, -0.1) is 16.8 Å². The van der Waals surface area contributed by atoms with Gasteiger partial charge in [0, 0.05) is 24.8 Å². The van der Waals surface area contributed by atoms with Crippen molar-refractivity contribution in [2.75, 3.05) is 17.7 Å². The SMILES string of the molecule is C=CCn1c(SC(C)C(=O)Nc2cccc(NC(C)=O)c2)nnc1C(C)Oc1ccccc1OC. The molecule has 2 amide bonds. The van der Waals surface area contributed by atoms with Gasteiger partial charge in [0.1, 0.15) is 0 Å². The Morgan fingerprint density at radius 1 is 1.09 bits per heavy atom. The summed E-state index contributed by atoms with van der Waals surface area (Å²) in [5, 5.41) is 14.3. The van der Waals surface area contributed by atoms with Crippen molar-refractivity contribution in [3.05, 3.63) is 67.0 Å². The zero-order chi connectivity index (χ0) is 25.4. The van der Waals surface area contributed by atoms with Gasteiger partial charge in [0.25, 0.3) is 0 Å². The van der Waals surface area contributed by atoms with E-state index in [2.05, 4.69) is 27.4 Å². The Hall–Kier alpha value is -3.79. The van der Waals surface area contributed by atoms with Crippen LogP contribution in [0.15, 0.2) is 66.3 Å². The van der Waals surface area contributed by atoms with Gasteiger partial charge in [0.15, 0.2) is 28.6 Å². The van der Waals surface area contributed by atoms with Crippen molar-refractivity contribution in [1.29, 1.82) is 0 Å². The van der Waals surface area contributed by atoms with Crippen molar-refractivity contribution in [2.24, 2.45) is 0 Å². The van der Waals surface area contributed by atoms with Gasteiger partial charge in [-0.2, -0.15) is 0 Å². The topological polar surface area (TPSA) is 107 Å². The van der Waals surface area contributed by atoms with Crippen molar-refractivity contribution in [3.63, 3.8) is 0 Å². The van der Waals surface area contributed by atoms with E-state index in [1.807, 2.05) is 35.8 Å². The standard InChI is InChI=1S/C25H29N5O4S/c1-6-14-30-23(16(2)34-22-13-8-7-12-21(22)33-5)28-29-25(30)35-17(3)24(32)27-20-11-9-10-19(15-20)26-18(4)31/h6-13,15-17H,1,14H2,2-5H3,(H,26,31)(H,27,32). The molecule has 1 aromatic heterocycles. The van der Waals surface area contributed by atoms with Gasteiger partial charge >= 0.3 is 0 Å². The van der Waals surface area contributed by atoms with Gasteiger partial charge in [-0.1, -0.05) is 36.0 Å². The van der Waals surface area contributed by atoms with E-state index < -0.39 is 11.4 Å². The predicted molar refractivity (Wildman–Crippen MR) is 137 cm³/mol. The summed E-state index contributed by atoms with van der Waals surface area (Å²) in [7, 11) is 1.59. The molecule has 3 rings (SSSR count). The number of carbonyl (C=O) groups excluding carboxylic acids is 2. The highest BCUT2D eigenvalue weighted by Crippen LogP contribution is 2.32. The van der Waals surface area contributed by atoms with Crippen molar-refractivity contribution in [1.82, 2.24) is 14.8 Å². The number of benzene rings is 2. The van der Waals surface area contributed by atoms with Crippen LogP contribution >= 0.6 is 11.8 Å². The van der Waals surface area contributed by atoms with Gasteiger partial charge < -0.3 is 20.1 Å². The lowest BCUT2D eigenvalue weighted by atomic mass is 10.2. The number of amides is 2. The number of rotatable bonds is 11. The van der Waals surface area contributed by atoms with E-state index >= 15 is 0 Å². The highest BCUT2D eigenvalue weighted by atomic mass is 32.2. The fraction of sp³-hybridized carbons (Fsp3) is 0.280. The highest BCUT2D eigenvalue weighted by Gasteiger charge is 2.23. The molecule has 9 nitrogen and oxygen atoms in total. The smallest absolute Gasteiger partial charge is 0.237 e. The number of methoxy groups -OCH3 is 1. The lowest BCUT2D eigenvalue weighted by Crippen LogP contribution is -2.23. The van der Waals surface area contributed by atoms with Crippen LogP contribution in [-0.2, 0) is 16.1 Å². The molecule has 0 saturated heterocycles. The Morgan fingerprint density at radius 3 is 2.43 bits per heavy atom. The third-order valence-corrected chi connectivity index (χ3v) is 5.98. The molecule has 0 aliphatic rings. The quantitative estimate of drug-likeness (QED) is 0.293. The van der Waals surface area contributed by atoms with E-state index in [9.17, 15) is 9.59 Å². The second-order valence-corrected chi connectivity index (χ2v) is 8.97. The number of hydrogen-bond acceptors (Lipinski definition) is 7. The second-order valence-electron chi connectivity index (χ2n) is 7.66. The number of hydrogen-bond donors (Lipinski definition) is 2. The van der Waals surface area contributed by atoms with Crippen molar-refractivity contribution < 1.29 is 19.1 Å². The normalized spacial score (nSPS) is 12.3. The number of nitrogens with zero attached hydrogens (tertiary/aromatic N) is 3. The molecule has 0 saturated carbocycles. The van der Waals surface area contributed by atoms with Crippen LogP contribution in [0.4, 0.5) is 11.4 Å². The van der Waals surface area contributed by atoms with E-state index in [4.69, 9.17) is 9.47 Å². The summed E-state index contributed by atoms with van der Waals surface area (Å²) in [5.41, 5.74) is 1.19. The zero-order valence-electron chi connectivity index (χ0n) is 20.1. The average Bonchev–Trinajstić information content (AvgIpc) is 3.21. The molecule has 1 heterocycles. The molecule has 0 aliphatic heterocycles. The molecular weight excluding hydrogens is 466 g/mol. The lowest BCUT2D eigenvalue weighted by molar-refractivity contribution is -0.115. The predicted octanol–water partition coefficient (Wildman–Crippen LogP) is 4.69. The van der Waals surface area contributed by atoms with Crippen LogP contribution in [0.2, 0.25) is 0 Å². The largest absolute Gasteiger partial charge is 0.493 e. The van der Waals surface area contributed by atoms with Gasteiger partial charge in [0.05, 0.1) is 12.4 Å². The van der Waals surface area contributed by atoms with Crippen LogP contribution < -0.4 is 20.1 Å². The number of allylic oxidation sites excluding steroid dienone is 1. The summed E-state index contributed by atoms with van der Waals surface area (Å²) in [6.45, 7) is 9.39. The van der Waals surface area contributed by atoms with E-state index in [0.717, 1.165) is 0 Å². The lowest BCUT2D eigenvalue weighted by Gasteiger charge is -2.18. The Kier molecular flexibility index (Phi) is 8.91.